The molecule has 112 valence electrons. The standard InChI is InChI=1S/C16H24O4/c1-4-19-14(13-8-6-5-7-9-13)10-15(18)20-12-16(2,3)11-17/h5-9,14,17H,4,10-12H2,1-3H3. The van der Waals surface area contributed by atoms with Crippen LogP contribution in [-0.4, -0.2) is 30.9 Å². The van der Waals surface area contributed by atoms with Crippen LogP contribution in [0.4, 0.5) is 0 Å². The van der Waals surface area contributed by atoms with Gasteiger partial charge in [-0.25, -0.2) is 0 Å². The summed E-state index contributed by atoms with van der Waals surface area (Å²) in [7, 11) is 0. The van der Waals surface area contributed by atoms with Crippen molar-refractivity contribution in [3.8, 4) is 0 Å². The number of carbonyl (C=O) groups excluding carboxylic acids is 1. The van der Waals surface area contributed by atoms with Crippen molar-refractivity contribution >= 4 is 5.97 Å². The molecule has 1 N–H and O–H groups in total. The molecule has 1 aromatic carbocycles. The van der Waals surface area contributed by atoms with Crippen molar-refractivity contribution in [2.24, 2.45) is 5.41 Å². The van der Waals surface area contributed by atoms with E-state index < -0.39 is 5.41 Å². The summed E-state index contributed by atoms with van der Waals surface area (Å²) in [5, 5.41) is 9.14. The summed E-state index contributed by atoms with van der Waals surface area (Å²) in [6, 6.07) is 9.63. The van der Waals surface area contributed by atoms with Gasteiger partial charge in [-0.1, -0.05) is 44.2 Å². The first-order valence-corrected chi connectivity index (χ1v) is 6.91. The average Bonchev–Trinajstić information content (AvgIpc) is 2.46. The molecule has 0 aromatic heterocycles. The lowest BCUT2D eigenvalue weighted by molar-refractivity contribution is -0.150. The van der Waals surface area contributed by atoms with E-state index in [0.29, 0.717) is 6.61 Å². The minimum atomic E-state index is -0.413. The topological polar surface area (TPSA) is 55.8 Å². The number of rotatable bonds is 8. The molecule has 0 aliphatic rings. The predicted molar refractivity (Wildman–Crippen MR) is 77.3 cm³/mol. The van der Waals surface area contributed by atoms with Crippen molar-refractivity contribution in [3.63, 3.8) is 0 Å². The van der Waals surface area contributed by atoms with Gasteiger partial charge in [-0.05, 0) is 12.5 Å². The number of ether oxygens (including phenoxy) is 2. The Morgan fingerprint density at radius 2 is 1.95 bits per heavy atom. The number of aliphatic hydroxyl groups excluding tert-OH is 1. The van der Waals surface area contributed by atoms with Crippen molar-refractivity contribution < 1.29 is 19.4 Å². The molecule has 0 amide bonds. The second kappa shape index (κ2) is 8.02. The number of hydrogen-bond acceptors (Lipinski definition) is 4. The van der Waals surface area contributed by atoms with Crippen LogP contribution in [0.15, 0.2) is 30.3 Å². The minimum absolute atomic E-state index is 0.0200. The summed E-state index contributed by atoms with van der Waals surface area (Å²) in [5.41, 5.74) is 0.552. The fourth-order valence-electron chi connectivity index (χ4n) is 1.67. The highest BCUT2D eigenvalue weighted by molar-refractivity contribution is 5.70. The summed E-state index contributed by atoms with van der Waals surface area (Å²) in [6.45, 7) is 6.31. The molecular formula is C16H24O4. The van der Waals surface area contributed by atoms with Crippen LogP contribution in [0, 0.1) is 5.41 Å². The molecule has 1 rings (SSSR count). The van der Waals surface area contributed by atoms with Crippen LogP contribution in [0.25, 0.3) is 0 Å². The molecule has 0 bridgehead atoms. The van der Waals surface area contributed by atoms with E-state index in [1.807, 2.05) is 51.1 Å². The molecule has 1 unspecified atom stereocenters. The van der Waals surface area contributed by atoms with E-state index in [0.717, 1.165) is 5.56 Å². The normalized spacial score (nSPS) is 13.0. The van der Waals surface area contributed by atoms with E-state index in [9.17, 15) is 4.79 Å². The number of benzene rings is 1. The molecule has 20 heavy (non-hydrogen) atoms. The van der Waals surface area contributed by atoms with Gasteiger partial charge < -0.3 is 14.6 Å². The van der Waals surface area contributed by atoms with Crippen LogP contribution in [0.1, 0.15) is 38.9 Å². The Bertz CT molecular complexity index is 400. The van der Waals surface area contributed by atoms with Gasteiger partial charge in [0.25, 0.3) is 0 Å². The van der Waals surface area contributed by atoms with E-state index in [-0.39, 0.29) is 31.7 Å². The summed E-state index contributed by atoms with van der Waals surface area (Å²) < 4.78 is 10.8. The Labute approximate surface area is 120 Å². The Balaban J connectivity index is 2.56. The number of esters is 1. The summed E-state index contributed by atoms with van der Waals surface area (Å²) >= 11 is 0. The minimum Gasteiger partial charge on any atom is -0.465 e. The molecular weight excluding hydrogens is 256 g/mol. The fourth-order valence-corrected chi connectivity index (χ4v) is 1.67. The van der Waals surface area contributed by atoms with Gasteiger partial charge in [0, 0.05) is 12.0 Å². The lowest BCUT2D eigenvalue weighted by Gasteiger charge is -2.22. The Kier molecular flexibility index (Phi) is 6.68. The van der Waals surface area contributed by atoms with Gasteiger partial charge in [-0.3, -0.25) is 4.79 Å². The largest absolute Gasteiger partial charge is 0.465 e. The van der Waals surface area contributed by atoms with Crippen LogP contribution >= 0.6 is 0 Å². The third kappa shape index (κ3) is 5.72. The van der Waals surface area contributed by atoms with Crippen LogP contribution in [0.5, 0.6) is 0 Å². The SMILES string of the molecule is CCOC(CC(=O)OCC(C)(C)CO)c1ccccc1. The van der Waals surface area contributed by atoms with Gasteiger partial charge in [0.05, 0.1) is 25.7 Å². The Hall–Kier alpha value is -1.39. The summed E-state index contributed by atoms with van der Waals surface area (Å²) in [4.78, 5) is 11.9. The Morgan fingerprint density at radius 3 is 2.50 bits per heavy atom. The van der Waals surface area contributed by atoms with E-state index in [4.69, 9.17) is 14.6 Å². The van der Waals surface area contributed by atoms with Gasteiger partial charge in [-0.2, -0.15) is 0 Å². The smallest absolute Gasteiger partial charge is 0.308 e. The summed E-state index contributed by atoms with van der Waals surface area (Å²) in [5.74, 6) is -0.311. The van der Waals surface area contributed by atoms with Crippen molar-refractivity contribution in [3.05, 3.63) is 35.9 Å². The van der Waals surface area contributed by atoms with Gasteiger partial charge in [0.1, 0.15) is 0 Å². The van der Waals surface area contributed by atoms with E-state index >= 15 is 0 Å². The number of aliphatic hydroxyl groups is 1. The lowest BCUT2D eigenvalue weighted by Crippen LogP contribution is -2.26. The van der Waals surface area contributed by atoms with Crippen molar-refractivity contribution in [2.75, 3.05) is 19.8 Å². The fraction of sp³-hybridized carbons (Fsp3) is 0.562. The first-order valence-electron chi connectivity index (χ1n) is 6.91. The molecule has 0 saturated heterocycles. The highest BCUT2D eigenvalue weighted by Gasteiger charge is 2.22. The van der Waals surface area contributed by atoms with Gasteiger partial charge >= 0.3 is 5.97 Å². The molecule has 0 aliphatic heterocycles. The van der Waals surface area contributed by atoms with Crippen molar-refractivity contribution in [2.45, 2.75) is 33.3 Å². The van der Waals surface area contributed by atoms with Gasteiger partial charge in [-0.15, -0.1) is 0 Å². The average molecular weight is 280 g/mol. The quantitative estimate of drug-likeness (QED) is 0.744. The molecule has 0 fully saturated rings. The third-order valence-corrected chi connectivity index (χ3v) is 2.94. The number of hydrogen-bond donors (Lipinski definition) is 1. The molecule has 4 nitrogen and oxygen atoms in total. The zero-order valence-corrected chi connectivity index (χ0v) is 12.5. The summed E-state index contributed by atoms with van der Waals surface area (Å²) in [6.07, 6.45) is -0.106. The van der Waals surface area contributed by atoms with E-state index in [1.165, 1.54) is 0 Å². The van der Waals surface area contributed by atoms with Crippen LogP contribution in [-0.2, 0) is 14.3 Å². The van der Waals surface area contributed by atoms with Crippen LogP contribution < -0.4 is 0 Å². The zero-order valence-electron chi connectivity index (χ0n) is 12.5. The second-order valence-corrected chi connectivity index (χ2v) is 5.54. The molecule has 1 atom stereocenters. The van der Waals surface area contributed by atoms with Crippen molar-refractivity contribution in [1.82, 2.24) is 0 Å². The molecule has 0 heterocycles. The van der Waals surface area contributed by atoms with E-state index in [2.05, 4.69) is 0 Å². The van der Waals surface area contributed by atoms with Gasteiger partial charge in [0.15, 0.2) is 0 Å². The molecule has 0 spiro atoms. The highest BCUT2D eigenvalue weighted by atomic mass is 16.5. The highest BCUT2D eigenvalue weighted by Crippen LogP contribution is 2.22. The first-order chi connectivity index (χ1) is 9.48. The number of carbonyl (C=O) groups is 1. The molecule has 1 aromatic rings. The molecule has 0 saturated carbocycles. The molecule has 0 aliphatic carbocycles. The van der Waals surface area contributed by atoms with E-state index in [1.54, 1.807) is 0 Å². The van der Waals surface area contributed by atoms with Crippen LogP contribution in [0.3, 0.4) is 0 Å². The monoisotopic (exact) mass is 280 g/mol. The zero-order chi connectivity index (χ0) is 15.0. The van der Waals surface area contributed by atoms with Crippen molar-refractivity contribution in [1.29, 1.82) is 0 Å². The molecule has 0 radical (unpaired) electrons. The Morgan fingerprint density at radius 1 is 1.30 bits per heavy atom. The first kappa shape index (κ1) is 16.7. The van der Waals surface area contributed by atoms with Crippen LogP contribution in [0.2, 0.25) is 0 Å². The second-order valence-electron chi connectivity index (χ2n) is 5.54. The maximum Gasteiger partial charge on any atom is 0.308 e. The molecule has 4 heteroatoms. The predicted octanol–water partition coefficient (Wildman–Crippen LogP) is 2.72. The lowest BCUT2D eigenvalue weighted by atomic mass is 9.96. The maximum atomic E-state index is 11.9. The maximum absolute atomic E-state index is 11.9. The third-order valence-electron chi connectivity index (χ3n) is 2.94. The van der Waals surface area contributed by atoms with Gasteiger partial charge in [0.2, 0.25) is 0 Å².